The van der Waals surface area contributed by atoms with Crippen molar-refractivity contribution in [1.82, 2.24) is 10.3 Å². The first-order chi connectivity index (χ1) is 12.4. The zero-order valence-electron chi connectivity index (χ0n) is 16.0. The highest BCUT2D eigenvalue weighted by Gasteiger charge is 2.15. The minimum Gasteiger partial charge on any atom is -0.373 e. The van der Waals surface area contributed by atoms with Crippen LogP contribution < -0.4 is 10.6 Å². The summed E-state index contributed by atoms with van der Waals surface area (Å²) < 4.78 is 14.3. The van der Waals surface area contributed by atoms with Gasteiger partial charge in [0.15, 0.2) is 0 Å². The zero-order chi connectivity index (χ0) is 19.3. The van der Waals surface area contributed by atoms with E-state index in [0.29, 0.717) is 12.1 Å². The number of nitrogens with zero attached hydrogens (tertiary/aromatic N) is 1. The Morgan fingerprint density at radius 3 is 2.54 bits per heavy atom. The van der Waals surface area contributed by atoms with Gasteiger partial charge in [-0.1, -0.05) is 6.92 Å². The molecule has 0 aliphatic heterocycles. The molecule has 1 amide bonds. The van der Waals surface area contributed by atoms with Crippen LogP contribution in [0.25, 0.3) is 16.7 Å². The molecule has 0 aliphatic carbocycles. The SMILES string of the molecule is CCCNC(=O)/C(C)=C(\C)c1cc(F)cc(-c2ccc(NC)nc2)c1C. The van der Waals surface area contributed by atoms with Crippen molar-refractivity contribution in [3.05, 3.63) is 53.0 Å². The number of rotatable bonds is 6. The molecule has 1 aromatic carbocycles. The van der Waals surface area contributed by atoms with E-state index in [4.69, 9.17) is 0 Å². The quantitative estimate of drug-likeness (QED) is 0.747. The van der Waals surface area contributed by atoms with Gasteiger partial charge in [0.2, 0.25) is 5.91 Å². The van der Waals surface area contributed by atoms with Crippen LogP contribution in [0.2, 0.25) is 0 Å². The summed E-state index contributed by atoms with van der Waals surface area (Å²) in [4.78, 5) is 16.6. The molecule has 2 aromatic rings. The van der Waals surface area contributed by atoms with E-state index in [0.717, 1.165) is 40.1 Å². The van der Waals surface area contributed by atoms with Crippen LogP contribution in [-0.4, -0.2) is 24.5 Å². The number of carbonyl (C=O) groups is 1. The van der Waals surface area contributed by atoms with E-state index >= 15 is 0 Å². The van der Waals surface area contributed by atoms with Crippen molar-refractivity contribution in [2.45, 2.75) is 34.1 Å². The molecule has 2 rings (SSSR count). The number of carbonyl (C=O) groups excluding carboxylic acids is 1. The third-order valence-electron chi connectivity index (χ3n) is 4.55. The lowest BCUT2D eigenvalue weighted by molar-refractivity contribution is -0.117. The summed E-state index contributed by atoms with van der Waals surface area (Å²) in [6, 6.07) is 6.75. The lowest BCUT2D eigenvalue weighted by Gasteiger charge is -2.15. The molecule has 138 valence electrons. The molecule has 0 radical (unpaired) electrons. The van der Waals surface area contributed by atoms with Crippen molar-refractivity contribution in [3.8, 4) is 11.1 Å². The van der Waals surface area contributed by atoms with Crippen LogP contribution in [0.4, 0.5) is 10.2 Å². The molecule has 0 aliphatic rings. The lowest BCUT2D eigenvalue weighted by atomic mass is 9.91. The maximum absolute atomic E-state index is 14.3. The first kappa shape index (κ1) is 19.6. The number of anilines is 1. The number of hydrogen-bond acceptors (Lipinski definition) is 3. The Bertz CT molecular complexity index is 826. The number of benzene rings is 1. The summed E-state index contributed by atoms with van der Waals surface area (Å²) in [7, 11) is 1.80. The van der Waals surface area contributed by atoms with Crippen molar-refractivity contribution < 1.29 is 9.18 Å². The summed E-state index contributed by atoms with van der Waals surface area (Å²) in [5.74, 6) is 0.302. The third-order valence-corrected chi connectivity index (χ3v) is 4.55. The van der Waals surface area contributed by atoms with Crippen molar-refractivity contribution in [2.24, 2.45) is 0 Å². The monoisotopic (exact) mass is 355 g/mol. The summed E-state index contributed by atoms with van der Waals surface area (Å²) in [6.07, 6.45) is 2.59. The minimum atomic E-state index is -0.334. The Labute approximate surface area is 154 Å². The number of hydrogen-bond donors (Lipinski definition) is 2. The zero-order valence-corrected chi connectivity index (χ0v) is 16.0. The fourth-order valence-electron chi connectivity index (χ4n) is 2.81. The normalized spacial score (nSPS) is 11.8. The molecule has 0 bridgehead atoms. The predicted octanol–water partition coefficient (Wildman–Crippen LogP) is 4.56. The molecule has 0 saturated carbocycles. The fourth-order valence-corrected chi connectivity index (χ4v) is 2.81. The van der Waals surface area contributed by atoms with Gasteiger partial charge in [-0.15, -0.1) is 0 Å². The molecule has 4 nitrogen and oxygen atoms in total. The molecule has 1 heterocycles. The van der Waals surface area contributed by atoms with Crippen molar-refractivity contribution in [2.75, 3.05) is 18.9 Å². The molecule has 0 atom stereocenters. The second kappa shape index (κ2) is 8.61. The van der Waals surface area contributed by atoms with Crippen molar-refractivity contribution in [3.63, 3.8) is 0 Å². The Kier molecular flexibility index (Phi) is 6.50. The number of halogens is 1. The second-order valence-corrected chi connectivity index (χ2v) is 6.31. The molecule has 26 heavy (non-hydrogen) atoms. The van der Waals surface area contributed by atoms with E-state index in [1.807, 2.05) is 32.9 Å². The van der Waals surface area contributed by atoms with Crippen LogP contribution >= 0.6 is 0 Å². The van der Waals surface area contributed by atoms with Crippen LogP contribution in [0.15, 0.2) is 36.0 Å². The molecule has 0 fully saturated rings. The van der Waals surface area contributed by atoms with Gasteiger partial charge in [0.05, 0.1) is 0 Å². The molecule has 1 aromatic heterocycles. The number of aromatic nitrogens is 1. The Hall–Kier alpha value is -2.69. The van der Waals surface area contributed by atoms with Gasteiger partial charge in [0.1, 0.15) is 11.6 Å². The van der Waals surface area contributed by atoms with Gasteiger partial charge in [0.25, 0.3) is 0 Å². The van der Waals surface area contributed by atoms with Gasteiger partial charge in [-0.2, -0.15) is 0 Å². The summed E-state index contributed by atoms with van der Waals surface area (Å²) in [6.45, 7) is 8.20. The largest absolute Gasteiger partial charge is 0.373 e. The Morgan fingerprint density at radius 2 is 1.96 bits per heavy atom. The first-order valence-electron chi connectivity index (χ1n) is 8.79. The Balaban J connectivity index is 2.50. The van der Waals surface area contributed by atoms with Crippen molar-refractivity contribution >= 4 is 17.3 Å². The van der Waals surface area contributed by atoms with Crippen LogP contribution in [0.5, 0.6) is 0 Å². The predicted molar refractivity (Wildman–Crippen MR) is 105 cm³/mol. The number of nitrogens with one attached hydrogen (secondary N) is 2. The van der Waals surface area contributed by atoms with Gasteiger partial charge in [-0.3, -0.25) is 4.79 Å². The maximum atomic E-state index is 14.3. The smallest absolute Gasteiger partial charge is 0.247 e. The molecule has 2 N–H and O–H groups in total. The number of pyridine rings is 1. The highest BCUT2D eigenvalue weighted by atomic mass is 19.1. The van der Waals surface area contributed by atoms with Gasteiger partial charge in [-0.25, -0.2) is 9.37 Å². The maximum Gasteiger partial charge on any atom is 0.247 e. The number of amides is 1. The van der Waals surface area contributed by atoms with Gasteiger partial charge >= 0.3 is 0 Å². The fraction of sp³-hybridized carbons (Fsp3) is 0.333. The highest BCUT2D eigenvalue weighted by Crippen LogP contribution is 2.32. The van der Waals surface area contributed by atoms with Crippen LogP contribution in [0, 0.1) is 12.7 Å². The minimum absolute atomic E-state index is 0.116. The molecule has 5 heteroatoms. The average Bonchev–Trinajstić information content (AvgIpc) is 2.66. The van der Waals surface area contributed by atoms with E-state index in [-0.39, 0.29) is 11.7 Å². The van der Waals surface area contributed by atoms with Crippen LogP contribution in [-0.2, 0) is 4.79 Å². The standard InChI is InChI=1S/C21H26FN3O/c1-6-9-24-21(26)14(3)13(2)18-10-17(22)11-19(15(18)4)16-7-8-20(23-5)25-12-16/h7-8,10-12H,6,9H2,1-5H3,(H,23,25)(H,24,26)/b14-13+. The second-order valence-electron chi connectivity index (χ2n) is 6.31. The Morgan fingerprint density at radius 1 is 1.23 bits per heavy atom. The topological polar surface area (TPSA) is 54.0 Å². The number of allylic oxidation sites excluding steroid dienone is 1. The third kappa shape index (κ3) is 4.28. The van der Waals surface area contributed by atoms with E-state index in [2.05, 4.69) is 15.6 Å². The van der Waals surface area contributed by atoms with Crippen LogP contribution in [0.3, 0.4) is 0 Å². The average molecular weight is 355 g/mol. The molecular weight excluding hydrogens is 329 g/mol. The van der Waals surface area contributed by atoms with Gasteiger partial charge < -0.3 is 10.6 Å². The summed E-state index contributed by atoms with van der Waals surface area (Å²) >= 11 is 0. The molecule has 0 unspecified atom stereocenters. The molecule has 0 spiro atoms. The van der Waals surface area contributed by atoms with Crippen LogP contribution in [0.1, 0.15) is 38.3 Å². The summed E-state index contributed by atoms with van der Waals surface area (Å²) in [5, 5.41) is 5.84. The lowest BCUT2D eigenvalue weighted by Crippen LogP contribution is -2.25. The van der Waals surface area contributed by atoms with Crippen molar-refractivity contribution in [1.29, 1.82) is 0 Å². The van der Waals surface area contributed by atoms with Gasteiger partial charge in [0, 0.05) is 30.9 Å². The van der Waals surface area contributed by atoms with E-state index in [1.54, 1.807) is 20.2 Å². The van der Waals surface area contributed by atoms with E-state index < -0.39 is 0 Å². The summed E-state index contributed by atoms with van der Waals surface area (Å²) in [5.41, 5.74) is 4.64. The molecular formula is C21H26FN3O. The molecule has 0 saturated heterocycles. The highest BCUT2D eigenvalue weighted by molar-refractivity contribution is 6.00. The van der Waals surface area contributed by atoms with E-state index in [1.165, 1.54) is 12.1 Å². The van der Waals surface area contributed by atoms with E-state index in [9.17, 15) is 9.18 Å². The first-order valence-corrected chi connectivity index (χ1v) is 8.79. The van der Waals surface area contributed by atoms with Gasteiger partial charge in [-0.05, 0) is 73.7 Å².